The summed E-state index contributed by atoms with van der Waals surface area (Å²) < 4.78 is 5.79. The van der Waals surface area contributed by atoms with Gasteiger partial charge in [-0.3, -0.25) is 9.59 Å². The molecule has 24 heavy (non-hydrogen) atoms. The fourth-order valence-electron chi connectivity index (χ4n) is 2.43. The zero-order valence-electron chi connectivity index (χ0n) is 13.5. The molecule has 2 rings (SSSR count). The van der Waals surface area contributed by atoms with Crippen molar-refractivity contribution in [1.29, 1.82) is 0 Å². The molecule has 0 bridgehead atoms. The minimum atomic E-state index is -0.495. The molecule has 4 N–H and O–H groups in total. The number of hydrogen-bond acceptors (Lipinski definition) is 3. The molecule has 0 heterocycles. The van der Waals surface area contributed by atoms with Crippen LogP contribution in [0.4, 0.5) is 0 Å². The molecule has 0 unspecified atom stereocenters. The van der Waals surface area contributed by atoms with E-state index in [2.05, 4.69) is 0 Å². The first-order valence-corrected chi connectivity index (χ1v) is 7.95. The summed E-state index contributed by atoms with van der Waals surface area (Å²) in [5.74, 6) is -0.0903. The molecule has 0 atom stereocenters. The highest BCUT2D eigenvalue weighted by Gasteiger charge is 2.08. The second kappa shape index (κ2) is 8.72. The first-order chi connectivity index (χ1) is 11.6. The summed E-state index contributed by atoms with van der Waals surface area (Å²) in [6.07, 6.45) is 4.25. The average Bonchev–Trinajstić information content (AvgIpc) is 2.56. The number of hydrogen-bond donors (Lipinski definition) is 2. The quantitative estimate of drug-likeness (QED) is 0.548. The maximum atomic E-state index is 11.6. The number of amides is 2. The van der Waals surface area contributed by atoms with Crippen molar-refractivity contribution in [2.45, 2.75) is 25.7 Å². The summed E-state index contributed by atoms with van der Waals surface area (Å²) in [6, 6.07) is 13.7. The third-order valence-corrected chi connectivity index (χ3v) is 3.72. The molecule has 0 fully saturated rings. The highest BCUT2D eigenvalue weighted by atomic mass is 16.5. The van der Waals surface area contributed by atoms with E-state index in [1.165, 1.54) is 0 Å². The van der Waals surface area contributed by atoms with Crippen LogP contribution in [0.3, 0.4) is 0 Å². The van der Waals surface area contributed by atoms with Crippen LogP contribution in [0, 0.1) is 0 Å². The van der Waals surface area contributed by atoms with E-state index in [0.29, 0.717) is 30.6 Å². The maximum Gasteiger partial charge on any atom is 0.247 e. The molecule has 126 valence electrons. The smallest absolute Gasteiger partial charge is 0.247 e. The molecule has 0 aliphatic heterocycles. The minimum Gasteiger partial charge on any atom is -0.488 e. The Bertz CT molecular complexity index is 748. The lowest BCUT2D eigenvalue weighted by Crippen LogP contribution is -2.19. The highest BCUT2D eigenvalue weighted by Crippen LogP contribution is 2.25. The van der Waals surface area contributed by atoms with Crippen molar-refractivity contribution in [3.63, 3.8) is 0 Å². The highest BCUT2D eigenvalue weighted by molar-refractivity contribution is 5.92. The van der Waals surface area contributed by atoms with Gasteiger partial charge in [0.15, 0.2) is 0 Å². The van der Waals surface area contributed by atoms with Crippen molar-refractivity contribution in [2.75, 3.05) is 6.61 Å². The largest absolute Gasteiger partial charge is 0.488 e. The van der Waals surface area contributed by atoms with Crippen LogP contribution in [0.2, 0.25) is 0 Å². The summed E-state index contributed by atoms with van der Waals surface area (Å²) in [4.78, 5) is 22.2. The Morgan fingerprint density at radius 2 is 1.75 bits per heavy atom. The molecule has 0 aliphatic carbocycles. The van der Waals surface area contributed by atoms with Crippen molar-refractivity contribution >= 4 is 22.6 Å². The van der Waals surface area contributed by atoms with Gasteiger partial charge in [0.1, 0.15) is 12.4 Å². The van der Waals surface area contributed by atoms with Crippen molar-refractivity contribution in [3.05, 3.63) is 54.1 Å². The first kappa shape index (κ1) is 17.5. The summed E-state index contributed by atoms with van der Waals surface area (Å²) >= 11 is 0. The topological polar surface area (TPSA) is 95.4 Å². The van der Waals surface area contributed by atoms with Gasteiger partial charge in [0.25, 0.3) is 0 Å². The summed E-state index contributed by atoms with van der Waals surface area (Å²) in [7, 11) is 0. The molecule has 0 saturated carbocycles. The van der Waals surface area contributed by atoms with Crippen LogP contribution in [0.1, 0.15) is 25.7 Å². The van der Waals surface area contributed by atoms with E-state index < -0.39 is 5.91 Å². The number of primary amides is 2. The van der Waals surface area contributed by atoms with Crippen molar-refractivity contribution in [3.8, 4) is 5.75 Å². The third-order valence-electron chi connectivity index (χ3n) is 3.72. The maximum absolute atomic E-state index is 11.6. The standard InChI is InChI=1S/C19H22N2O3/c20-18(22)12-3-1-2-8-15(19(21)23)13-24-17-11-6-9-14-7-4-5-10-16(14)17/h4-11H,1-3,12-13H2,(H2,20,22)(H2,21,23). The van der Waals surface area contributed by atoms with Crippen molar-refractivity contribution in [2.24, 2.45) is 11.5 Å². The van der Waals surface area contributed by atoms with Crippen LogP contribution in [-0.2, 0) is 9.59 Å². The Morgan fingerprint density at radius 3 is 2.50 bits per heavy atom. The number of carbonyl (C=O) groups excluding carboxylic acids is 2. The summed E-state index contributed by atoms with van der Waals surface area (Å²) in [6.45, 7) is 0.124. The lowest BCUT2D eigenvalue weighted by Gasteiger charge is -2.10. The van der Waals surface area contributed by atoms with Crippen molar-refractivity contribution in [1.82, 2.24) is 0 Å². The zero-order valence-corrected chi connectivity index (χ0v) is 13.5. The van der Waals surface area contributed by atoms with Crippen LogP contribution in [0.25, 0.3) is 10.8 Å². The van der Waals surface area contributed by atoms with E-state index in [1.54, 1.807) is 6.08 Å². The molecule has 0 spiro atoms. The van der Waals surface area contributed by atoms with E-state index >= 15 is 0 Å². The Labute approximate surface area is 141 Å². The normalized spacial score (nSPS) is 11.4. The molecule has 0 aliphatic rings. The molecular formula is C19H22N2O3. The number of nitrogens with two attached hydrogens (primary N) is 2. The van der Waals surface area contributed by atoms with Gasteiger partial charge < -0.3 is 16.2 Å². The second-order valence-electron chi connectivity index (χ2n) is 5.57. The molecular weight excluding hydrogens is 304 g/mol. The summed E-state index contributed by atoms with van der Waals surface area (Å²) in [5, 5.41) is 2.07. The van der Waals surface area contributed by atoms with Gasteiger partial charge in [-0.05, 0) is 30.7 Å². The molecule has 2 amide bonds. The average molecular weight is 326 g/mol. The lowest BCUT2D eigenvalue weighted by atomic mass is 10.1. The van der Waals surface area contributed by atoms with Crippen LogP contribution < -0.4 is 16.2 Å². The van der Waals surface area contributed by atoms with Crippen LogP contribution in [0.5, 0.6) is 5.75 Å². The van der Waals surface area contributed by atoms with Crippen LogP contribution in [0.15, 0.2) is 54.1 Å². The van der Waals surface area contributed by atoms with Gasteiger partial charge in [-0.2, -0.15) is 0 Å². The summed E-state index contributed by atoms with van der Waals surface area (Å²) in [5.41, 5.74) is 10.9. The number of rotatable bonds is 9. The van der Waals surface area contributed by atoms with E-state index in [4.69, 9.17) is 16.2 Å². The number of unbranched alkanes of at least 4 members (excludes halogenated alkanes) is 2. The zero-order chi connectivity index (χ0) is 17.4. The number of ether oxygens (including phenoxy) is 1. The predicted octanol–water partition coefficient (Wildman–Crippen LogP) is 2.68. The number of carbonyl (C=O) groups is 2. The van der Waals surface area contributed by atoms with Gasteiger partial charge in [-0.15, -0.1) is 0 Å². The van der Waals surface area contributed by atoms with Gasteiger partial charge in [0.05, 0.1) is 0 Å². The van der Waals surface area contributed by atoms with E-state index in [9.17, 15) is 9.59 Å². The fraction of sp³-hybridized carbons (Fsp3) is 0.263. The second-order valence-corrected chi connectivity index (χ2v) is 5.57. The van der Waals surface area contributed by atoms with Gasteiger partial charge in [0, 0.05) is 17.4 Å². The van der Waals surface area contributed by atoms with Crippen molar-refractivity contribution < 1.29 is 14.3 Å². The van der Waals surface area contributed by atoms with Crippen LogP contribution >= 0.6 is 0 Å². The monoisotopic (exact) mass is 326 g/mol. The van der Waals surface area contributed by atoms with Gasteiger partial charge in [-0.1, -0.05) is 42.5 Å². The lowest BCUT2D eigenvalue weighted by molar-refractivity contribution is -0.118. The first-order valence-electron chi connectivity index (χ1n) is 7.95. The van der Waals surface area contributed by atoms with E-state index in [0.717, 1.165) is 17.2 Å². The Hall–Kier alpha value is -2.82. The SMILES string of the molecule is NC(=O)CCCCC=C(COc1cccc2ccccc12)C(N)=O. The fourth-order valence-corrected chi connectivity index (χ4v) is 2.43. The molecule has 0 radical (unpaired) electrons. The Kier molecular flexibility index (Phi) is 6.37. The minimum absolute atomic E-state index is 0.124. The Morgan fingerprint density at radius 1 is 1.00 bits per heavy atom. The molecule has 5 heteroatoms. The number of benzene rings is 2. The molecule has 0 aromatic heterocycles. The number of fused-ring (bicyclic) bond motifs is 1. The van der Waals surface area contributed by atoms with Gasteiger partial charge in [-0.25, -0.2) is 0 Å². The van der Waals surface area contributed by atoms with E-state index in [-0.39, 0.29) is 12.5 Å². The van der Waals surface area contributed by atoms with Gasteiger partial charge >= 0.3 is 0 Å². The third kappa shape index (κ3) is 5.12. The van der Waals surface area contributed by atoms with Gasteiger partial charge in [0.2, 0.25) is 11.8 Å². The van der Waals surface area contributed by atoms with E-state index in [1.807, 2.05) is 42.5 Å². The molecule has 0 saturated heterocycles. The van der Waals surface area contributed by atoms with Crippen LogP contribution in [-0.4, -0.2) is 18.4 Å². The molecule has 2 aromatic carbocycles. The Balaban J connectivity index is 1.98. The predicted molar refractivity (Wildman–Crippen MR) is 94.4 cm³/mol. The molecule has 5 nitrogen and oxygen atoms in total. The number of allylic oxidation sites excluding steroid dienone is 1. The molecule has 2 aromatic rings.